The molecular weight excluding hydrogens is 278 g/mol. The van der Waals surface area contributed by atoms with Crippen LogP contribution in [-0.4, -0.2) is 49.7 Å². The quantitative estimate of drug-likeness (QED) is 0.827. The van der Waals surface area contributed by atoms with Gasteiger partial charge in [-0.3, -0.25) is 9.69 Å². The Balaban J connectivity index is 2.03. The van der Waals surface area contributed by atoms with Gasteiger partial charge in [-0.2, -0.15) is 0 Å². The lowest BCUT2D eigenvalue weighted by molar-refractivity contribution is -0.125. The molecule has 1 amide bonds. The second-order valence-corrected chi connectivity index (χ2v) is 5.97. The molecule has 0 radical (unpaired) electrons. The van der Waals surface area contributed by atoms with Gasteiger partial charge in [0.15, 0.2) is 0 Å². The van der Waals surface area contributed by atoms with Gasteiger partial charge in [0.05, 0.1) is 19.3 Å². The molecule has 1 aliphatic heterocycles. The highest BCUT2D eigenvalue weighted by Gasteiger charge is 2.24. The van der Waals surface area contributed by atoms with Crippen LogP contribution < -0.4 is 11.1 Å². The minimum Gasteiger partial charge on any atom is -0.379 e. The molecule has 0 saturated carbocycles. The third-order valence-corrected chi connectivity index (χ3v) is 4.34. The Kier molecular flexibility index (Phi) is 6.36. The molecule has 3 N–H and O–H groups in total. The number of nitrogens with zero attached hydrogens (tertiary/aromatic N) is 1. The molecule has 3 unspecified atom stereocenters. The standard InChI is InChI=1S/C17H27N3O2/c1-13(14(2)18)17(21)19-12-16(15-6-4-3-5-7-15)20-8-10-22-11-9-20/h3-7,13-14,16H,8-12,18H2,1-2H3,(H,19,21). The molecule has 0 bridgehead atoms. The summed E-state index contributed by atoms with van der Waals surface area (Å²) in [7, 11) is 0. The fraction of sp³-hybridized carbons (Fsp3) is 0.588. The van der Waals surface area contributed by atoms with Gasteiger partial charge in [-0.05, 0) is 12.5 Å². The molecule has 0 aromatic heterocycles. The van der Waals surface area contributed by atoms with Gasteiger partial charge in [0.1, 0.15) is 0 Å². The van der Waals surface area contributed by atoms with E-state index in [2.05, 4.69) is 22.3 Å². The molecule has 5 nitrogen and oxygen atoms in total. The molecule has 1 heterocycles. The highest BCUT2D eigenvalue weighted by atomic mass is 16.5. The SMILES string of the molecule is CC(N)C(C)C(=O)NCC(c1ccccc1)N1CCOCC1. The van der Waals surface area contributed by atoms with Gasteiger partial charge in [-0.25, -0.2) is 0 Å². The minimum atomic E-state index is -0.180. The second-order valence-electron chi connectivity index (χ2n) is 5.97. The summed E-state index contributed by atoms with van der Waals surface area (Å²) in [4.78, 5) is 14.5. The van der Waals surface area contributed by atoms with Crippen LogP contribution in [-0.2, 0) is 9.53 Å². The molecule has 122 valence electrons. The third-order valence-electron chi connectivity index (χ3n) is 4.34. The first-order valence-electron chi connectivity index (χ1n) is 7.99. The van der Waals surface area contributed by atoms with Gasteiger partial charge in [0, 0.05) is 31.6 Å². The Labute approximate surface area is 132 Å². The Hall–Kier alpha value is -1.43. The van der Waals surface area contributed by atoms with E-state index in [0.29, 0.717) is 6.54 Å². The van der Waals surface area contributed by atoms with Crippen LogP contribution in [0.2, 0.25) is 0 Å². The number of benzene rings is 1. The molecular formula is C17H27N3O2. The smallest absolute Gasteiger partial charge is 0.224 e. The fourth-order valence-electron chi connectivity index (χ4n) is 2.62. The van der Waals surface area contributed by atoms with Crippen LogP contribution in [0.5, 0.6) is 0 Å². The van der Waals surface area contributed by atoms with Gasteiger partial charge in [0.2, 0.25) is 5.91 Å². The summed E-state index contributed by atoms with van der Waals surface area (Å²) < 4.78 is 5.44. The van der Waals surface area contributed by atoms with E-state index in [0.717, 1.165) is 26.3 Å². The van der Waals surface area contributed by atoms with Crippen molar-refractivity contribution in [2.45, 2.75) is 25.9 Å². The predicted molar refractivity (Wildman–Crippen MR) is 87.4 cm³/mol. The number of morpholine rings is 1. The number of nitrogens with one attached hydrogen (secondary N) is 1. The number of rotatable bonds is 6. The fourth-order valence-corrected chi connectivity index (χ4v) is 2.62. The molecule has 2 rings (SSSR count). The van der Waals surface area contributed by atoms with Crippen LogP contribution in [0.3, 0.4) is 0 Å². The summed E-state index contributed by atoms with van der Waals surface area (Å²) in [6.45, 7) is 7.59. The molecule has 1 aliphatic rings. The zero-order chi connectivity index (χ0) is 15.9. The molecule has 5 heteroatoms. The van der Waals surface area contributed by atoms with Crippen LogP contribution in [0.1, 0.15) is 25.5 Å². The maximum absolute atomic E-state index is 12.2. The largest absolute Gasteiger partial charge is 0.379 e. The average Bonchev–Trinajstić information content (AvgIpc) is 2.56. The van der Waals surface area contributed by atoms with Gasteiger partial charge in [0.25, 0.3) is 0 Å². The summed E-state index contributed by atoms with van der Waals surface area (Å²) in [6.07, 6.45) is 0. The number of hydrogen-bond acceptors (Lipinski definition) is 4. The van der Waals surface area contributed by atoms with Crippen molar-refractivity contribution in [1.29, 1.82) is 0 Å². The number of carbonyl (C=O) groups excluding carboxylic acids is 1. The number of ether oxygens (including phenoxy) is 1. The minimum absolute atomic E-state index is 0.0178. The first kappa shape index (κ1) is 16.9. The zero-order valence-corrected chi connectivity index (χ0v) is 13.5. The van der Waals surface area contributed by atoms with E-state index >= 15 is 0 Å². The van der Waals surface area contributed by atoms with Gasteiger partial charge < -0.3 is 15.8 Å². The topological polar surface area (TPSA) is 67.6 Å². The van der Waals surface area contributed by atoms with Crippen molar-refractivity contribution in [3.8, 4) is 0 Å². The van der Waals surface area contributed by atoms with Gasteiger partial charge in [-0.1, -0.05) is 37.3 Å². The molecule has 1 saturated heterocycles. The second kappa shape index (κ2) is 8.27. The van der Waals surface area contributed by atoms with Crippen molar-refractivity contribution >= 4 is 5.91 Å². The van der Waals surface area contributed by atoms with E-state index in [1.165, 1.54) is 5.56 Å². The third kappa shape index (κ3) is 4.53. The predicted octanol–water partition coefficient (Wildman–Crippen LogP) is 1.16. The van der Waals surface area contributed by atoms with Crippen molar-refractivity contribution in [3.05, 3.63) is 35.9 Å². The molecule has 1 aromatic rings. The van der Waals surface area contributed by atoms with Crippen molar-refractivity contribution in [1.82, 2.24) is 10.2 Å². The van der Waals surface area contributed by atoms with Crippen molar-refractivity contribution in [2.24, 2.45) is 11.7 Å². The number of hydrogen-bond donors (Lipinski definition) is 2. The lowest BCUT2D eigenvalue weighted by Gasteiger charge is -2.35. The first-order valence-corrected chi connectivity index (χ1v) is 7.99. The summed E-state index contributed by atoms with van der Waals surface area (Å²) in [5.74, 6) is -0.162. The first-order chi connectivity index (χ1) is 10.6. The normalized spacial score (nSPS) is 20.1. The Morgan fingerprint density at radius 3 is 2.50 bits per heavy atom. The summed E-state index contributed by atoms with van der Waals surface area (Å²) in [5.41, 5.74) is 7.03. The number of nitrogens with two attached hydrogens (primary N) is 1. The lowest BCUT2D eigenvalue weighted by Crippen LogP contribution is -2.46. The van der Waals surface area contributed by atoms with Gasteiger partial charge >= 0.3 is 0 Å². The summed E-state index contributed by atoms with van der Waals surface area (Å²) >= 11 is 0. The highest BCUT2D eigenvalue weighted by Crippen LogP contribution is 2.21. The monoisotopic (exact) mass is 305 g/mol. The Morgan fingerprint density at radius 1 is 1.27 bits per heavy atom. The van der Waals surface area contributed by atoms with E-state index in [1.807, 2.05) is 32.0 Å². The van der Waals surface area contributed by atoms with E-state index < -0.39 is 0 Å². The maximum atomic E-state index is 12.2. The molecule has 0 spiro atoms. The van der Waals surface area contributed by atoms with Crippen LogP contribution in [0.4, 0.5) is 0 Å². The van der Waals surface area contributed by atoms with Gasteiger partial charge in [-0.15, -0.1) is 0 Å². The van der Waals surface area contributed by atoms with E-state index in [4.69, 9.17) is 10.5 Å². The van der Waals surface area contributed by atoms with Crippen molar-refractivity contribution in [3.63, 3.8) is 0 Å². The van der Waals surface area contributed by atoms with E-state index in [-0.39, 0.29) is 23.9 Å². The highest BCUT2D eigenvalue weighted by molar-refractivity contribution is 5.78. The maximum Gasteiger partial charge on any atom is 0.224 e. The molecule has 1 aromatic carbocycles. The van der Waals surface area contributed by atoms with Crippen LogP contribution >= 0.6 is 0 Å². The zero-order valence-electron chi connectivity index (χ0n) is 13.5. The van der Waals surface area contributed by atoms with Crippen molar-refractivity contribution in [2.75, 3.05) is 32.8 Å². The number of carbonyl (C=O) groups is 1. The summed E-state index contributed by atoms with van der Waals surface area (Å²) in [5, 5.41) is 3.06. The van der Waals surface area contributed by atoms with Crippen LogP contribution in [0, 0.1) is 5.92 Å². The van der Waals surface area contributed by atoms with E-state index in [9.17, 15) is 4.79 Å². The van der Waals surface area contributed by atoms with Crippen LogP contribution in [0.25, 0.3) is 0 Å². The molecule has 0 aliphatic carbocycles. The number of amides is 1. The lowest BCUT2D eigenvalue weighted by atomic mass is 10.0. The molecule has 1 fully saturated rings. The molecule has 3 atom stereocenters. The Morgan fingerprint density at radius 2 is 1.91 bits per heavy atom. The Bertz CT molecular complexity index is 458. The average molecular weight is 305 g/mol. The van der Waals surface area contributed by atoms with E-state index in [1.54, 1.807) is 0 Å². The molecule has 22 heavy (non-hydrogen) atoms. The van der Waals surface area contributed by atoms with Crippen LogP contribution in [0.15, 0.2) is 30.3 Å². The van der Waals surface area contributed by atoms with Crippen molar-refractivity contribution < 1.29 is 9.53 Å². The summed E-state index contributed by atoms with van der Waals surface area (Å²) in [6, 6.07) is 10.3.